The van der Waals surface area contributed by atoms with E-state index >= 15 is 0 Å². The third kappa shape index (κ3) is 1.84. The number of aryl methyl sites for hydroxylation is 1. The number of hydrogen-bond acceptors (Lipinski definition) is 3. The van der Waals surface area contributed by atoms with Crippen LogP contribution >= 0.6 is 0 Å². The van der Waals surface area contributed by atoms with Crippen molar-refractivity contribution in [3.63, 3.8) is 0 Å². The van der Waals surface area contributed by atoms with Gasteiger partial charge < -0.3 is 15.3 Å². The minimum Gasteiger partial charge on any atom is -0.458 e. The molecule has 0 saturated heterocycles. The van der Waals surface area contributed by atoms with Crippen LogP contribution in [-0.2, 0) is 5.60 Å². The maximum Gasteiger partial charge on any atom is 0.137 e. The molecule has 1 aromatic carbocycles. The highest BCUT2D eigenvalue weighted by atomic mass is 16.4. The number of nitrogens with two attached hydrogens (primary N) is 1. The molecule has 3 nitrogen and oxygen atoms in total. The van der Waals surface area contributed by atoms with E-state index in [0.29, 0.717) is 18.7 Å². The minimum atomic E-state index is -0.986. The van der Waals surface area contributed by atoms with Crippen LogP contribution < -0.4 is 5.73 Å². The number of aliphatic hydroxyl groups is 1. The molecule has 0 radical (unpaired) electrons. The second kappa shape index (κ2) is 3.92. The van der Waals surface area contributed by atoms with Crippen LogP contribution in [0.4, 0.5) is 0 Å². The fraction of sp³-hybridized carbons (Fsp3) is 0.385. The Labute approximate surface area is 94.9 Å². The van der Waals surface area contributed by atoms with Crippen LogP contribution in [0.25, 0.3) is 11.0 Å². The average molecular weight is 219 g/mol. The SMILES string of the molecule is Cc1cccc2cc(C(C)(O)CCN)oc12. The summed E-state index contributed by atoms with van der Waals surface area (Å²) in [5.74, 6) is 0.585. The van der Waals surface area contributed by atoms with Crippen LogP contribution in [0, 0.1) is 6.92 Å². The molecule has 1 aromatic heterocycles. The number of rotatable bonds is 3. The predicted octanol–water partition coefficient (Wildman–Crippen LogP) is 2.30. The molecule has 2 aromatic rings. The molecule has 0 amide bonds. The van der Waals surface area contributed by atoms with Crippen molar-refractivity contribution in [1.29, 1.82) is 0 Å². The van der Waals surface area contributed by atoms with Gasteiger partial charge in [-0.05, 0) is 38.4 Å². The molecule has 0 bridgehead atoms. The van der Waals surface area contributed by atoms with E-state index in [0.717, 1.165) is 16.5 Å². The monoisotopic (exact) mass is 219 g/mol. The molecular weight excluding hydrogens is 202 g/mol. The molecule has 0 saturated carbocycles. The molecule has 0 spiro atoms. The summed E-state index contributed by atoms with van der Waals surface area (Å²) in [5, 5.41) is 11.2. The Morgan fingerprint density at radius 3 is 2.81 bits per heavy atom. The molecule has 3 N–H and O–H groups in total. The summed E-state index contributed by atoms with van der Waals surface area (Å²) in [7, 11) is 0. The lowest BCUT2D eigenvalue weighted by atomic mass is 9.99. The Hall–Kier alpha value is -1.32. The van der Waals surface area contributed by atoms with Crippen molar-refractivity contribution in [2.24, 2.45) is 5.73 Å². The summed E-state index contributed by atoms with van der Waals surface area (Å²) in [4.78, 5) is 0. The van der Waals surface area contributed by atoms with E-state index in [2.05, 4.69) is 0 Å². The molecule has 2 rings (SSSR count). The van der Waals surface area contributed by atoms with Crippen molar-refractivity contribution in [2.45, 2.75) is 25.9 Å². The average Bonchev–Trinajstić information content (AvgIpc) is 2.63. The smallest absolute Gasteiger partial charge is 0.137 e. The molecule has 0 aliphatic carbocycles. The highest BCUT2D eigenvalue weighted by molar-refractivity contribution is 5.81. The molecule has 86 valence electrons. The molecule has 1 unspecified atom stereocenters. The van der Waals surface area contributed by atoms with Crippen molar-refractivity contribution < 1.29 is 9.52 Å². The standard InChI is InChI=1S/C13H17NO2/c1-9-4-3-5-10-8-11(16-12(9)10)13(2,15)6-7-14/h3-5,8,15H,6-7,14H2,1-2H3. The van der Waals surface area contributed by atoms with E-state index in [-0.39, 0.29) is 0 Å². The van der Waals surface area contributed by atoms with Gasteiger partial charge in [0.05, 0.1) is 0 Å². The van der Waals surface area contributed by atoms with Gasteiger partial charge in [-0.15, -0.1) is 0 Å². The molecule has 0 aliphatic rings. The molecule has 1 heterocycles. The summed E-state index contributed by atoms with van der Waals surface area (Å²) in [5.41, 5.74) is 6.41. The largest absolute Gasteiger partial charge is 0.458 e. The van der Waals surface area contributed by atoms with E-state index in [9.17, 15) is 5.11 Å². The van der Waals surface area contributed by atoms with Crippen LogP contribution in [0.3, 0.4) is 0 Å². The fourth-order valence-corrected chi connectivity index (χ4v) is 1.88. The van der Waals surface area contributed by atoms with Gasteiger partial charge in [0.15, 0.2) is 0 Å². The maximum absolute atomic E-state index is 10.2. The lowest BCUT2D eigenvalue weighted by molar-refractivity contribution is 0.0293. The van der Waals surface area contributed by atoms with Gasteiger partial charge in [0.25, 0.3) is 0 Å². The molecule has 3 heteroatoms. The van der Waals surface area contributed by atoms with Gasteiger partial charge in [0, 0.05) is 5.39 Å². The second-order valence-electron chi connectivity index (χ2n) is 4.42. The highest BCUT2D eigenvalue weighted by Gasteiger charge is 2.26. The zero-order chi connectivity index (χ0) is 11.8. The molecular formula is C13H17NO2. The molecule has 16 heavy (non-hydrogen) atoms. The Morgan fingerprint density at radius 1 is 1.44 bits per heavy atom. The van der Waals surface area contributed by atoms with E-state index in [1.807, 2.05) is 31.2 Å². The third-order valence-electron chi connectivity index (χ3n) is 2.90. The van der Waals surface area contributed by atoms with E-state index in [4.69, 9.17) is 10.2 Å². The van der Waals surface area contributed by atoms with Gasteiger partial charge >= 0.3 is 0 Å². The molecule has 0 aliphatic heterocycles. The van der Waals surface area contributed by atoms with Crippen molar-refractivity contribution >= 4 is 11.0 Å². The van der Waals surface area contributed by atoms with Crippen molar-refractivity contribution in [2.75, 3.05) is 6.54 Å². The topological polar surface area (TPSA) is 59.4 Å². The van der Waals surface area contributed by atoms with Crippen LogP contribution in [0.5, 0.6) is 0 Å². The van der Waals surface area contributed by atoms with Crippen LogP contribution in [0.1, 0.15) is 24.7 Å². The zero-order valence-electron chi connectivity index (χ0n) is 9.66. The molecule has 1 atom stereocenters. The fourth-order valence-electron chi connectivity index (χ4n) is 1.88. The van der Waals surface area contributed by atoms with Gasteiger partial charge in [0.2, 0.25) is 0 Å². The summed E-state index contributed by atoms with van der Waals surface area (Å²) >= 11 is 0. The predicted molar refractivity (Wildman–Crippen MR) is 64.2 cm³/mol. The Bertz CT molecular complexity index is 500. The zero-order valence-corrected chi connectivity index (χ0v) is 9.66. The number of para-hydroxylation sites is 1. The first-order valence-electron chi connectivity index (χ1n) is 5.47. The minimum absolute atomic E-state index is 0.434. The maximum atomic E-state index is 10.2. The lowest BCUT2D eigenvalue weighted by Gasteiger charge is -2.19. The van der Waals surface area contributed by atoms with Gasteiger partial charge in [-0.2, -0.15) is 0 Å². The van der Waals surface area contributed by atoms with Crippen molar-refractivity contribution in [1.82, 2.24) is 0 Å². The summed E-state index contributed by atoms with van der Waals surface area (Å²) in [6, 6.07) is 7.84. The number of furan rings is 1. The van der Waals surface area contributed by atoms with Gasteiger partial charge in [-0.25, -0.2) is 0 Å². The van der Waals surface area contributed by atoms with Crippen molar-refractivity contribution in [3.8, 4) is 0 Å². The second-order valence-corrected chi connectivity index (χ2v) is 4.42. The van der Waals surface area contributed by atoms with Gasteiger partial charge in [-0.1, -0.05) is 18.2 Å². The first-order valence-corrected chi connectivity index (χ1v) is 5.47. The Morgan fingerprint density at radius 2 is 2.19 bits per heavy atom. The summed E-state index contributed by atoms with van der Waals surface area (Å²) in [6.07, 6.45) is 0.492. The quantitative estimate of drug-likeness (QED) is 0.832. The van der Waals surface area contributed by atoms with Crippen LogP contribution in [-0.4, -0.2) is 11.7 Å². The summed E-state index contributed by atoms with van der Waals surface area (Å²) < 4.78 is 5.71. The number of benzene rings is 1. The third-order valence-corrected chi connectivity index (χ3v) is 2.90. The Balaban J connectivity index is 2.51. The van der Waals surface area contributed by atoms with Gasteiger partial charge in [0.1, 0.15) is 16.9 Å². The van der Waals surface area contributed by atoms with E-state index < -0.39 is 5.60 Å². The molecule has 0 fully saturated rings. The van der Waals surface area contributed by atoms with E-state index in [1.54, 1.807) is 6.92 Å². The number of fused-ring (bicyclic) bond motifs is 1. The van der Waals surface area contributed by atoms with Crippen LogP contribution in [0.2, 0.25) is 0 Å². The van der Waals surface area contributed by atoms with E-state index in [1.165, 1.54) is 0 Å². The lowest BCUT2D eigenvalue weighted by Crippen LogP contribution is -2.24. The normalized spacial score (nSPS) is 15.2. The highest BCUT2D eigenvalue weighted by Crippen LogP contribution is 2.31. The van der Waals surface area contributed by atoms with Gasteiger partial charge in [-0.3, -0.25) is 0 Å². The first kappa shape index (κ1) is 11.2. The summed E-state index contributed by atoms with van der Waals surface area (Å²) in [6.45, 7) is 4.16. The van der Waals surface area contributed by atoms with Crippen LogP contribution in [0.15, 0.2) is 28.7 Å². The Kier molecular flexibility index (Phi) is 2.74. The first-order chi connectivity index (χ1) is 7.54. The number of hydrogen-bond donors (Lipinski definition) is 2. The van der Waals surface area contributed by atoms with Crippen molar-refractivity contribution in [3.05, 3.63) is 35.6 Å².